The molecule has 0 saturated heterocycles. The number of fused-ring (bicyclic) bond motifs is 1. The van der Waals surface area contributed by atoms with Crippen molar-refractivity contribution < 1.29 is 9.90 Å². The molecule has 1 aliphatic rings. The first-order chi connectivity index (χ1) is 12.2. The number of aromatic nitrogens is 2. The maximum Gasteiger partial charge on any atom is 0.274 e. The molecule has 1 N–H and O–H groups in total. The zero-order valence-corrected chi connectivity index (χ0v) is 15.2. The maximum absolute atomic E-state index is 13.0. The largest absolute Gasteiger partial charge is 0.395 e. The molecule has 5 nitrogen and oxygen atoms in total. The van der Waals surface area contributed by atoms with Gasteiger partial charge in [-0.1, -0.05) is 31.0 Å². The highest BCUT2D eigenvalue weighted by Gasteiger charge is 2.29. The van der Waals surface area contributed by atoms with Gasteiger partial charge in [0.1, 0.15) is 0 Å². The van der Waals surface area contributed by atoms with Crippen molar-refractivity contribution in [3.8, 4) is 5.69 Å². The number of aryl methyl sites for hydroxylation is 1. The van der Waals surface area contributed by atoms with E-state index in [-0.39, 0.29) is 12.5 Å². The minimum atomic E-state index is -0.0495. The Morgan fingerprint density at radius 3 is 2.68 bits per heavy atom. The Balaban J connectivity index is 1.95. The molecule has 0 aliphatic heterocycles. The number of benzene rings is 1. The fourth-order valence-electron chi connectivity index (χ4n) is 3.44. The van der Waals surface area contributed by atoms with E-state index in [0.29, 0.717) is 18.8 Å². The molecule has 1 aromatic heterocycles. The zero-order valence-electron chi connectivity index (χ0n) is 15.2. The predicted molar refractivity (Wildman–Crippen MR) is 98.2 cm³/mol. The minimum Gasteiger partial charge on any atom is -0.395 e. The molecule has 25 heavy (non-hydrogen) atoms. The van der Waals surface area contributed by atoms with Gasteiger partial charge in [0, 0.05) is 24.3 Å². The Labute approximate surface area is 149 Å². The summed E-state index contributed by atoms with van der Waals surface area (Å²) in [5.74, 6) is -0.0495. The van der Waals surface area contributed by atoms with Gasteiger partial charge in [0.05, 0.1) is 12.3 Å². The summed E-state index contributed by atoms with van der Waals surface area (Å²) in [5.41, 5.74) is 5.02. The highest BCUT2D eigenvalue weighted by Crippen LogP contribution is 2.28. The Morgan fingerprint density at radius 1 is 1.24 bits per heavy atom. The number of carbonyl (C=O) groups is 1. The van der Waals surface area contributed by atoms with Gasteiger partial charge < -0.3 is 10.0 Å². The van der Waals surface area contributed by atoms with Crippen LogP contribution in [0.1, 0.15) is 53.5 Å². The van der Waals surface area contributed by atoms with Crippen molar-refractivity contribution in [3.05, 3.63) is 46.8 Å². The quantitative estimate of drug-likeness (QED) is 0.842. The summed E-state index contributed by atoms with van der Waals surface area (Å²) in [7, 11) is 0. The van der Waals surface area contributed by atoms with E-state index in [1.807, 2.05) is 4.68 Å². The topological polar surface area (TPSA) is 58.4 Å². The van der Waals surface area contributed by atoms with Crippen LogP contribution in [0.4, 0.5) is 0 Å². The highest BCUT2D eigenvalue weighted by molar-refractivity contribution is 5.94. The van der Waals surface area contributed by atoms with Gasteiger partial charge >= 0.3 is 0 Å². The number of aliphatic hydroxyl groups is 1. The van der Waals surface area contributed by atoms with Crippen LogP contribution in [0.5, 0.6) is 0 Å². The van der Waals surface area contributed by atoms with E-state index in [0.717, 1.165) is 49.0 Å². The Kier molecular flexibility index (Phi) is 5.53. The molecule has 5 heteroatoms. The van der Waals surface area contributed by atoms with Gasteiger partial charge in [-0.3, -0.25) is 4.79 Å². The maximum atomic E-state index is 13.0. The molecular formula is C20H27N3O2. The van der Waals surface area contributed by atoms with Crippen molar-refractivity contribution in [1.82, 2.24) is 14.7 Å². The van der Waals surface area contributed by atoms with Crippen molar-refractivity contribution in [3.63, 3.8) is 0 Å². The fourth-order valence-corrected chi connectivity index (χ4v) is 3.44. The van der Waals surface area contributed by atoms with E-state index >= 15 is 0 Å². The van der Waals surface area contributed by atoms with Crippen molar-refractivity contribution >= 4 is 5.91 Å². The number of unbranched alkanes of at least 4 members (excludes halogenated alkanes) is 1. The summed E-state index contributed by atoms with van der Waals surface area (Å²) < 4.78 is 1.94. The van der Waals surface area contributed by atoms with Crippen molar-refractivity contribution in [1.29, 1.82) is 0 Å². The lowest BCUT2D eigenvalue weighted by Crippen LogP contribution is -2.35. The second kappa shape index (κ2) is 7.83. The van der Waals surface area contributed by atoms with E-state index in [4.69, 9.17) is 0 Å². The van der Waals surface area contributed by atoms with E-state index in [9.17, 15) is 9.90 Å². The molecule has 0 atom stereocenters. The van der Waals surface area contributed by atoms with E-state index in [1.54, 1.807) is 4.90 Å². The molecule has 1 aromatic carbocycles. The van der Waals surface area contributed by atoms with Crippen LogP contribution >= 0.6 is 0 Å². The Morgan fingerprint density at radius 2 is 2.00 bits per heavy atom. The van der Waals surface area contributed by atoms with Crippen LogP contribution in [0.3, 0.4) is 0 Å². The van der Waals surface area contributed by atoms with Crippen molar-refractivity contribution in [2.24, 2.45) is 0 Å². The standard InChI is InChI=1S/C20H27N3O2/c1-3-4-12-22(13-14-24)20(25)19-17-6-5-7-18(17)23(21-19)16-10-8-15(2)9-11-16/h8-11,24H,3-7,12-14H2,1-2H3. The molecular weight excluding hydrogens is 314 g/mol. The van der Waals surface area contributed by atoms with Crippen LogP contribution in [-0.4, -0.2) is 45.4 Å². The minimum absolute atomic E-state index is 0.0175. The highest BCUT2D eigenvalue weighted by atomic mass is 16.3. The molecule has 1 heterocycles. The first kappa shape index (κ1) is 17.7. The van der Waals surface area contributed by atoms with Gasteiger partial charge in [-0.15, -0.1) is 0 Å². The summed E-state index contributed by atoms with van der Waals surface area (Å²) in [6.45, 7) is 5.18. The third kappa shape index (κ3) is 3.61. The monoisotopic (exact) mass is 341 g/mol. The number of hydrogen-bond acceptors (Lipinski definition) is 3. The molecule has 0 unspecified atom stereocenters. The van der Waals surface area contributed by atoms with Crippen LogP contribution in [0.15, 0.2) is 24.3 Å². The van der Waals surface area contributed by atoms with Crippen LogP contribution in [-0.2, 0) is 12.8 Å². The van der Waals surface area contributed by atoms with Crippen LogP contribution in [0.25, 0.3) is 5.69 Å². The molecule has 2 aromatic rings. The number of carbonyl (C=O) groups excluding carboxylic acids is 1. The van der Waals surface area contributed by atoms with Crippen LogP contribution in [0, 0.1) is 6.92 Å². The van der Waals surface area contributed by atoms with E-state index < -0.39 is 0 Å². The molecule has 0 radical (unpaired) electrons. The average Bonchev–Trinajstić information content (AvgIpc) is 3.21. The lowest BCUT2D eigenvalue weighted by Gasteiger charge is -2.20. The molecule has 1 aliphatic carbocycles. The lowest BCUT2D eigenvalue weighted by molar-refractivity contribution is 0.0712. The number of rotatable bonds is 7. The molecule has 3 rings (SSSR count). The normalized spacial score (nSPS) is 13.1. The summed E-state index contributed by atoms with van der Waals surface area (Å²) in [5, 5.41) is 14.0. The van der Waals surface area contributed by atoms with Crippen LogP contribution < -0.4 is 0 Å². The smallest absolute Gasteiger partial charge is 0.274 e. The molecule has 0 fully saturated rings. The Hall–Kier alpha value is -2.14. The second-order valence-electron chi connectivity index (χ2n) is 6.74. The first-order valence-corrected chi connectivity index (χ1v) is 9.23. The third-order valence-corrected chi connectivity index (χ3v) is 4.85. The fraction of sp³-hybridized carbons (Fsp3) is 0.500. The molecule has 1 amide bonds. The summed E-state index contributed by atoms with van der Waals surface area (Å²) >= 11 is 0. The number of amides is 1. The number of nitrogens with zero attached hydrogens (tertiary/aromatic N) is 3. The number of hydrogen-bond donors (Lipinski definition) is 1. The van der Waals surface area contributed by atoms with Gasteiger partial charge in [0.15, 0.2) is 5.69 Å². The lowest BCUT2D eigenvalue weighted by atomic mass is 10.1. The molecule has 0 saturated carbocycles. The molecule has 0 bridgehead atoms. The van der Waals surface area contributed by atoms with Gasteiger partial charge in [-0.25, -0.2) is 4.68 Å². The van der Waals surface area contributed by atoms with Crippen molar-refractivity contribution in [2.45, 2.75) is 46.0 Å². The van der Waals surface area contributed by atoms with Crippen molar-refractivity contribution in [2.75, 3.05) is 19.7 Å². The molecule has 134 valence electrons. The van der Waals surface area contributed by atoms with Gasteiger partial charge in [-0.2, -0.15) is 5.10 Å². The molecule has 0 spiro atoms. The van der Waals surface area contributed by atoms with Gasteiger partial charge in [-0.05, 0) is 44.7 Å². The zero-order chi connectivity index (χ0) is 17.8. The summed E-state index contributed by atoms with van der Waals surface area (Å²) in [6.07, 6.45) is 4.88. The Bertz CT molecular complexity index is 734. The van der Waals surface area contributed by atoms with Crippen LogP contribution in [0.2, 0.25) is 0 Å². The van der Waals surface area contributed by atoms with E-state index in [2.05, 4.69) is 43.2 Å². The average molecular weight is 341 g/mol. The third-order valence-electron chi connectivity index (χ3n) is 4.85. The SMILES string of the molecule is CCCCN(CCO)C(=O)c1nn(-c2ccc(C)cc2)c2c1CCC2. The van der Waals surface area contributed by atoms with Gasteiger partial charge in [0.2, 0.25) is 0 Å². The van der Waals surface area contributed by atoms with E-state index in [1.165, 1.54) is 5.56 Å². The first-order valence-electron chi connectivity index (χ1n) is 9.23. The second-order valence-corrected chi connectivity index (χ2v) is 6.74. The predicted octanol–water partition coefficient (Wildman–Crippen LogP) is 2.90. The number of aliphatic hydroxyl groups excluding tert-OH is 1. The van der Waals surface area contributed by atoms with Gasteiger partial charge in [0.25, 0.3) is 5.91 Å². The summed E-state index contributed by atoms with van der Waals surface area (Å²) in [6, 6.07) is 8.24. The summed E-state index contributed by atoms with van der Waals surface area (Å²) in [4.78, 5) is 14.8.